The molecule has 0 aliphatic heterocycles. The van der Waals surface area contributed by atoms with Gasteiger partial charge in [-0.05, 0) is 25.0 Å². The van der Waals surface area contributed by atoms with E-state index in [1.165, 1.54) is 25.1 Å². The Hall–Kier alpha value is -0.460. The van der Waals surface area contributed by atoms with E-state index in [9.17, 15) is 17.8 Å². The number of ketones is 1. The van der Waals surface area contributed by atoms with E-state index in [0.29, 0.717) is 5.56 Å². The molecule has 0 aliphatic rings. The molecule has 86 valence electrons. The molecule has 0 heterocycles. The van der Waals surface area contributed by atoms with Crippen molar-refractivity contribution >= 4 is 15.9 Å². The van der Waals surface area contributed by atoms with Crippen molar-refractivity contribution in [1.29, 1.82) is 0 Å². The van der Waals surface area contributed by atoms with Crippen LogP contribution >= 0.6 is 0 Å². The van der Waals surface area contributed by atoms with Crippen LogP contribution < -0.4 is 29.6 Å². The second-order valence-corrected chi connectivity index (χ2v) is 4.67. The van der Waals surface area contributed by atoms with E-state index in [1.807, 2.05) is 0 Å². The summed E-state index contributed by atoms with van der Waals surface area (Å²) >= 11 is 0. The third-order valence-electron chi connectivity index (χ3n) is 2.11. The largest absolute Gasteiger partial charge is 1.00 e. The predicted molar refractivity (Wildman–Crippen MR) is 58.3 cm³/mol. The zero-order chi connectivity index (χ0) is 12.3. The molecule has 0 amide bonds. The molecule has 0 N–H and O–H groups in total. The summed E-state index contributed by atoms with van der Waals surface area (Å²) in [5.41, 5.74) is 0.567. The van der Waals surface area contributed by atoms with Crippen molar-refractivity contribution in [3.63, 3.8) is 0 Å². The molecule has 0 atom stereocenters. The molecule has 1 rings (SSSR count). The summed E-state index contributed by atoms with van der Waals surface area (Å²) in [6.45, 7) is 4.78. The van der Waals surface area contributed by atoms with Crippen molar-refractivity contribution in [3.05, 3.63) is 42.0 Å². The predicted octanol–water partition coefficient (Wildman–Crippen LogP) is -1.47. The minimum Gasteiger partial charge on any atom is -0.744 e. The van der Waals surface area contributed by atoms with E-state index in [0.717, 1.165) is 6.07 Å². The van der Waals surface area contributed by atoms with Crippen LogP contribution in [0.3, 0.4) is 0 Å². The van der Waals surface area contributed by atoms with Gasteiger partial charge in [-0.2, -0.15) is 0 Å². The molecule has 0 bridgehead atoms. The second kappa shape index (κ2) is 6.47. The summed E-state index contributed by atoms with van der Waals surface area (Å²) in [5.74, 6) is -0.282. The summed E-state index contributed by atoms with van der Waals surface area (Å²) in [5, 5.41) is 0. The molecule has 0 unspecified atom stereocenters. The Labute approximate surface area is 123 Å². The Morgan fingerprint density at radius 1 is 1.47 bits per heavy atom. The van der Waals surface area contributed by atoms with Gasteiger partial charge in [-0.3, -0.25) is 4.79 Å². The molecule has 0 aliphatic carbocycles. The van der Waals surface area contributed by atoms with Crippen molar-refractivity contribution < 1.29 is 47.3 Å². The van der Waals surface area contributed by atoms with Gasteiger partial charge in [0.2, 0.25) is 0 Å². The number of hydrogen-bond donors (Lipinski definition) is 0. The molecule has 1 aromatic carbocycles. The second-order valence-electron chi connectivity index (χ2n) is 3.33. The van der Waals surface area contributed by atoms with E-state index in [1.54, 1.807) is 0 Å². The summed E-state index contributed by atoms with van der Waals surface area (Å²) in [6, 6.07) is 4.07. The first-order valence-corrected chi connectivity index (χ1v) is 5.97. The van der Waals surface area contributed by atoms with Crippen molar-refractivity contribution in [2.45, 2.75) is 18.2 Å². The molecule has 0 aromatic heterocycles. The van der Waals surface area contributed by atoms with Crippen LogP contribution in [0.4, 0.5) is 0 Å². The van der Waals surface area contributed by atoms with E-state index in [2.05, 4.69) is 6.58 Å². The van der Waals surface area contributed by atoms with Gasteiger partial charge in [0, 0.05) is 5.56 Å². The van der Waals surface area contributed by atoms with Gasteiger partial charge in [0.25, 0.3) is 0 Å². The SMILES string of the molecule is C=CCc1ccc(C(C)=O)cc1S(=O)(=O)[O-].[Na+]. The molecular formula is C11H11NaO4S. The van der Waals surface area contributed by atoms with Crippen LogP contribution in [-0.2, 0) is 16.5 Å². The van der Waals surface area contributed by atoms with Gasteiger partial charge in [-0.25, -0.2) is 8.42 Å². The molecule has 4 nitrogen and oxygen atoms in total. The number of carbonyl (C=O) groups excluding carboxylic acids is 1. The topological polar surface area (TPSA) is 74.3 Å². The van der Waals surface area contributed by atoms with Crippen LogP contribution in [0, 0.1) is 0 Å². The van der Waals surface area contributed by atoms with Crippen LogP contribution in [0.2, 0.25) is 0 Å². The smallest absolute Gasteiger partial charge is 0.744 e. The molecule has 0 radical (unpaired) electrons. The number of allylic oxidation sites excluding steroid dienone is 1. The summed E-state index contributed by atoms with van der Waals surface area (Å²) < 4.78 is 33.0. The maximum absolute atomic E-state index is 11.1. The standard InChI is InChI=1S/C11H12O4S.Na/c1-3-4-9-5-6-10(8(2)12)7-11(9)16(13,14)15;/h3,5-7H,1,4H2,2H3,(H,13,14,15);/q;+1/p-1. The number of hydrogen-bond acceptors (Lipinski definition) is 4. The number of Topliss-reactive ketones (excluding diaryl/α,β-unsaturated/α-hetero) is 1. The maximum atomic E-state index is 11.1. The Bertz CT molecular complexity index is 534. The quantitative estimate of drug-likeness (QED) is 0.287. The van der Waals surface area contributed by atoms with Gasteiger partial charge in [-0.15, -0.1) is 6.58 Å². The Kier molecular flexibility index (Phi) is 6.29. The zero-order valence-electron chi connectivity index (χ0n) is 9.76. The number of carbonyl (C=O) groups is 1. The first-order chi connectivity index (χ1) is 7.36. The monoisotopic (exact) mass is 262 g/mol. The Balaban J connectivity index is 0.00000256. The molecular weight excluding hydrogens is 251 g/mol. The van der Waals surface area contributed by atoms with Gasteiger partial charge in [0.05, 0.1) is 4.90 Å². The van der Waals surface area contributed by atoms with Crippen molar-refractivity contribution in [2.75, 3.05) is 0 Å². The Morgan fingerprint density at radius 3 is 2.47 bits per heavy atom. The fraction of sp³-hybridized carbons (Fsp3) is 0.182. The first-order valence-electron chi connectivity index (χ1n) is 4.57. The van der Waals surface area contributed by atoms with E-state index in [-0.39, 0.29) is 52.2 Å². The molecule has 0 spiro atoms. The van der Waals surface area contributed by atoms with Gasteiger partial charge < -0.3 is 4.55 Å². The van der Waals surface area contributed by atoms with Crippen LogP contribution in [0.15, 0.2) is 35.7 Å². The molecule has 0 fully saturated rings. The van der Waals surface area contributed by atoms with Gasteiger partial charge in [-0.1, -0.05) is 18.2 Å². The minimum atomic E-state index is -4.56. The molecule has 0 saturated heterocycles. The normalized spacial score (nSPS) is 10.5. The zero-order valence-corrected chi connectivity index (χ0v) is 12.6. The fourth-order valence-corrected chi connectivity index (χ4v) is 2.07. The van der Waals surface area contributed by atoms with Gasteiger partial charge in [0.15, 0.2) is 5.78 Å². The van der Waals surface area contributed by atoms with Crippen molar-refractivity contribution in [1.82, 2.24) is 0 Å². The van der Waals surface area contributed by atoms with Gasteiger partial charge >= 0.3 is 29.6 Å². The number of benzene rings is 1. The van der Waals surface area contributed by atoms with E-state index in [4.69, 9.17) is 0 Å². The molecule has 1 aromatic rings. The van der Waals surface area contributed by atoms with Crippen LogP contribution in [-0.4, -0.2) is 18.8 Å². The van der Waals surface area contributed by atoms with Crippen LogP contribution in [0.25, 0.3) is 0 Å². The van der Waals surface area contributed by atoms with E-state index < -0.39 is 10.1 Å². The Morgan fingerprint density at radius 2 is 2.06 bits per heavy atom. The summed E-state index contributed by atoms with van der Waals surface area (Å²) in [6.07, 6.45) is 1.77. The minimum absolute atomic E-state index is 0. The fourth-order valence-electron chi connectivity index (χ4n) is 1.33. The first kappa shape index (κ1) is 16.5. The van der Waals surface area contributed by atoms with Gasteiger partial charge in [0.1, 0.15) is 10.1 Å². The van der Waals surface area contributed by atoms with Crippen molar-refractivity contribution in [3.8, 4) is 0 Å². The summed E-state index contributed by atoms with van der Waals surface area (Å²) in [7, 11) is -4.56. The molecule has 17 heavy (non-hydrogen) atoms. The van der Waals surface area contributed by atoms with E-state index >= 15 is 0 Å². The average molecular weight is 262 g/mol. The maximum Gasteiger partial charge on any atom is 1.00 e. The number of rotatable bonds is 4. The average Bonchev–Trinajstić information content (AvgIpc) is 2.16. The third kappa shape index (κ3) is 4.37. The van der Waals surface area contributed by atoms with Crippen molar-refractivity contribution in [2.24, 2.45) is 0 Å². The summed E-state index contributed by atoms with van der Waals surface area (Å²) in [4.78, 5) is 10.7. The molecule has 6 heteroatoms. The van der Waals surface area contributed by atoms with Crippen LogP contribution in [0.1, 0.15) is 22.8 Å². The third-order valence-corrected chi connectivity index (χ3v) is 3.03. The molecule has 0 saturated carbocycles. The van der Waals surface area contributed by atoms with Crippen LogP contribution in [0.5, 0.6) is 0 Å².